The predicted molar refractivity (Wildman–Crippen MR) is 107 cm³/mol. The van der Waals surface area contributed by atoms with E-state index in [9.17, 15) is 4.79 Å². The average molecular weight is 407 g/mol. The van der Waals surface area contributed by atoms with Crippen LogP contribution in [0, 0.1) is 0 Å². The molecule has 0 aliphatic rings. The molecule has 134 valence electrons. The van der Waals surface area contributed by atoms with Crippen LogP contribution < -0.4 is 10.6 Å². The zero-order valence-corrected chi connectivity index (χ0v) is 16.3. The Morgan fingerprint density at radius 2 is 2.08 bits per heavy atom. The molecule has 5 nitrogen and oxygen atoms in total. The van der Waals surface area contributed by atoms with Crippen molar-refractivity contribution in [3.8, 4) is 10.6 Å². The van der Waals surface area contributed by atoms with Crippen LogP contribution in [-0.4, -0.2) is 29.5 Å². The summed E-state index contributed by atoms with van der Waals surface area (Å²) in [4.78, 5) is 21.7. The Labute approximate surface area is 165 Å². The number of anilines is 1. The molecule has 1 amide bonds. The minimum absolute atomic E-state index is 0.125. The Kier molecular flexibility index (Phi) is 6.08. The number of nitrogens with zero attached hydrogens (tertiary/aromatic N) is 2. The molecule has 0 bridgehead atoms. The maximum atomic E-state index is 12.3. The Morgan fingerprint density at radius 3 is 2.85 bits per heavy atom. The van der Waals surface area contributed by atoms with E-state index in [1.807, 2.05) is 23.6 Å². The summed E-state index contributed by atoms with van der Waals surface area (Å²) in [5.74, 6) is 0.419. The van der Waals surface area contributed by atoms with E-state index in [1.54, 1.807) is 25.4 Å². The van der Waals surface area contributed by atoms with Crippen LogP contribution in [0.25, 0.3) is 10.6 Å². The summed E-state index contributed by atoms with van der Waals surface area (Å²) in [7, 11) is 1.76. The molecule has 1 aromatic carbocycles. The standard InChI is InChI=1S/C18H16Cl2N4OS/c1-21-18-23-7-5-15(24-18)16-8-12(10-26-16)17(25)22-6-4-11-2-3-13(19)9-14(11)20/h2-3,5,7-10H,4,6H2,1H3,(H,22,25)(H,21,23,24). The number of amides is 1. The predicted octanol–water partition coefficient (Wildman–Crippen LogP) is 4.53. The van der Waals surface area contributed by atoms with Gasteiger partial charge in [0.05, 0.1) is 16.1 Å². The summed E-state index contributed by atoms with van der Waals surface area (Å²) in [6.45, 7) is 0.489. The summed E-state index contributed by atoms with van der Waals surface area (Å²) in [5, 5.41) is 8.83. The monoisotopic (exact) mass is 406 g/mol. The topological polar surface area (TPSA) is 66.9 Å². The number of hydrogen-bond donors (Lipinski definition) is 2. The molecule has 0 saturated carbocycles. The molecule has 0 atom stereocenters. The van der Waals surface area contributed by atoms with Gasteiger partial charge >= 0.3 is 0 Å². The first kappa shape index (κ1) is 18.6. The van der Waals surface area contributed by atoms with Crippen molar-refractivity contribution in [3.63, 3.8) is 0 Å². The highest BCUT2D eigenvalue weighted by molar-refractivity contribution is 7.13. The van der Waals surface area contributed by atoms with E-state index in [-0.39, 0.29) is 5.91 Å². The van der Waals surface area contributed by atoms with E-state index in [1.165, 1.54) is 11.3 Å². The fraction of sp³-hybridized carbons (Fsp3) is 0.167. The fourth-order valence-electron chi connectivity index (χ4n) is 2.34. The first-order chi connectivity index (χ1) is 12.6. The minimum atomic E-state index is -0.125. The van der Waals surface area contributed by atoms with Gasteiger partial charge in [-0.1, -0.05) is 29.3 Å². The van der Waals surface area contributed by atoms with Gasteiger partial charge in [-0.2, -0.15) is 0 Å². The second kappa shape index (κ2) is 8.49. The Hall–Kier alpha value is -2.15. The number of hydrogen-bond acceptors (Lipinski definition) is 5. The van der Waals surface area contributed by atoms with Gasteiger partial charge in [0, 0.05) is 35.2 Å². The number of halogens is 2. The van der Waals surface area contributed by atoms with E-state index in [0.717, 1.165) is 16.1 Å². The summed E-state index contributed by atoms with van der Waals surface area (Å²) < 4.78 is 0. The van der Waals surface area contributed by atoms with Gasteiger partial charge in [0.15, 0.2) is 0 Å². The molecular weight excluding hydrogens is 391 g/mol. The zero-order valence-electron chi connectivity index (χ0n) is 13.9. The first-order valence-electron chi connectivity index (χ1n) is 7.88. The lowest BCUT2D eigenvalue weighted by molar-refractivity contribution is 0.0954. The molecule has 0 radical (unpaired) electrons. The largest absolute Gasteiger partial charge is 0.357 e. The summed E-state index contributed by atoms with van der Waals surface area (Å²) in [6.07, 6.45) is 2.32. The quantitative estimate of drug-likeness (QED) is 0.630. The molecule has 3 rings (SSSR count). The van der Waals surface area contributed by atoms with Crippen LogP contribution in [0.2, 0.25) is 10.0 Å². The van der Waals surface area contributed by atoms with E-state index in [2.05, 4.69) is 20.6 Å². The lowest BCUT2D eigenvalue weighted by Crippen LogP contribution is -2.25. The summed E-state index contributed by atoms with van der Waals surface area (Å²) in [6, 6.07) is 9.01. The van der Waals surface area contributed by atoms with Crippen LogP contribution >= 0.6 is 34.5 Å². The summed E-state index contributed by atoms with van der Waals surface area (Å²) in [5.41, 5.74) is 2.33. The second-order valence-corrected chi connectivity index (χ2v) is 7.21. The highest BCUT2D eigenvalue weighted by Gasteiger charge is 2.11. The van der Waals surface area contributed by atoms with Crippen molar-refractivity contribution in [2.75, 3.05) is 18.9 Å². The minimum Gasteiger partial charge on any atom is -0.357 e. The molecule has 0 spiro atoms. The van der Waals surface area contributed by atoms with Crippen LogP contribution in [-0.2, 0) is 6.42 Å². The van der Waals surface area contributed by atoms with Gasteiger partial charge in [0.2, 0.25) is 5.95 Å². The van der Waals surface area contributed by atoms with Crippen molar-refractivity contribution in [2.45, 2.75) is 6.42 Å². The van der Waals surface area contributed by atoms with Crippen LogP contribution in [0.5, 0.6) is 0 Å². The maximum Gasteiger partial charge on any atom is 0.252 e. The van der Waals surface area contributed by atoms with Gasteiger partial charge in [-0.3, -0.25) is 4.79 Å². The number of carbonyl (C=O) groups excluding carboxylic acids is 1. The van der Waals surface area contributed by atoms with Crippen molar-refractivity contribution in [3.05, 3.63) is 63.1 Å². The van der Waals surface area contributed by atoms with Crippen LogP contribution in [0.15, 0.2) is 41.9 Å². The molecule has 0 aliphatic heterocycles. The number of thiophene rings is 1. The Balaban J connectivity index is 1.61. The lowest BCUT2D eigenvalue weighted by atomic mass is 10.1. The second-order valence-electron chi connectivity index (χ2n) is 5.46. The van der Waals surface area contributed by atoms with E-state index in [4.69, 9.17) is 23.2 Å². The smallest absolute Gasteiger partial charge is 0.252 e. The number of nitrogens with one attached hydrogen (secondary N) is 2. The third kappa shape index (κ3) is 4.52. The van der Waals surface area contributed by atoms with Crippen LogP contribution in [0.1, 0.15) is 15.9 Å². The lowest BCUT2D eigenvalue weighted by Gasteiger charge is -2.06. The normalized spacial score (nSPS) is 10.6. The number of aromatic nitrogens is 2. The Bertz CT molecular complexity index is 929. The molecule has 26 heavy (non-hydrogen) atoms. The molecule has 2 aromatic heterocycles. The van der Waals surface area contributed by atoms with Crippen LogP contribution in [0.4, 0.5) is 5.95 Å². The molecule has 0 fully saturated rings. The van der Waals surface area contributed by atoms with Gasteiger partial charge in [-0.05, 0) is 36.2 Å². The van der Waals surface area contributed by atoms with Crippen molar-refractivity contribution in [2.24, 2.45) is 0 Å². The van der Waals surface area contributed by atoms with Crippen molar-refractivity contribution < 1.29 is 4.79 Å². The van der Waals surface area contributed by atoms with E-state index in [0.29, 0.717) is 34.5 Å². The molecule has 0 saturated heterocycles. The van der Waals surface area contributed by atoms with E-state index < -0.39 is 0 Å². The molecule has 2 heterocycles. The fourth-order valence-corrected chi connectivity index (χ4v) is 3.70. The third-order valence-corrected chi connectivity index (χ3v) is 5.23. The summed E-state index contributed by atoms with van der Waals surface area (Å²) >= 11 is 13.5. The zero-order chi connectivity index (χ0) is 18.5. The third-order valence-electron chi connectivity index (χ3n) is 3.69. The van der Waals surface area contributed by atoms with Gasteiger partial charge in [-0.25, -0.2) is 9.97 Å². The van der Waals surface area contributed by atoms with Crippen LogP contribution in [0.3, 0.4) is 0 Å². The van der Waals surface area contributed by atoms with Gasteiger partial charge in [0.1, 0.15) is 0 Å². The van der Waals surface area contributed by atoms with Gasteiger partial charge in [0.25, 0.3) is 5.91 Å². The molecule has 0 unspecified atom stereocenters. The highest BCUT2D eigenvalue weighted by Crippen LogP contribution is 2.26. The number of benzene rings is 1. The highest BCUT2D eigenvalue weighted by atomic mass is 35.5. The molecule has 8 heteroatoms. The Morgan fingerprint density at radius 1 is 1.23 bits per heavy atom. The van der Waals surface area contributed by atoms with Gasteiger partial charge in [-0.15, -0.1) is 11.3 Å². The SMILES string of the molecule is CNc1nccc(-c2cc(C(=O)NCCc3ccc(Cl)cc3Cl)cs2)n1. The van der Waals surface area contributed by atoms with Crippen molar-refractivity contribution >= 4 is 46.4 Å². The maximum absolute atomic E-state index is 12.3. The molecule has 2 N–H and O–H groups in total. The number of rotatable bonds is 6. The van der Waals surface area contributed by atoms with E-state index >= 15 is 0 Å². The van der Waals surface area contributed by atoms with Gasteiger partial charge < -0.3 is 10.6 Å². The molecule has 3 aromatic rings. The van der Waals surface area contributed by atoms with Crippen molar-refractivity contribution in [1.82, 2.24) is 15.3 Å². The average Bonchev–Trinajstić information content (AvgIpc) is 3.14. The first-order valence-corrected chi connectivity index (χ1v) is 9.52. The van der Waals surface area contributed by atoms with Crippen molar-refractivity contribution in [1.29, 1.82) is 0 Å². The molecule has 0 aliphatic carbocycles. The number of carbonyl (C=O) groups is 1. The molecular formula is C18H16Cl2N4OS.